The molecule has 11 heteroatoms. The van der Waals surface area contributed by atoms with Crippen LogP contribution in [-0.2, 0) is 25.6 Å². The lowest BCUT2D eigenvalue weighted by molar-refractivity contribution is -0.143. The number of nitrogens with one attached hydrogen (secondary N) is 3. The highest BCUT2D eigenvalue weighted by Gasteiger charge is 2.44. The average Bonchev–Trinajstić information content (AvgIpc) is 3.47. The van der Waals surface area contributed by atoms with Gasteiger partial charge in [0.1, 0.15) is 17.8 Å². The fraction of sp³-hybridized carbons (Fsp3) is 0.718. The summed E-state index contributed by atoms with van der Waals surface area (Å²) in [7, 11) is 0. The molecule has 3 atom stereocenters. The van der Waals surface area contributed by atoms with E-state index in [9.17, 15) is 29.1 Å². The number of primary amides is 1. The number of likely N-dealkylation sites (tertiary alicyclic amines) is 1. The largest absolute Gasteiger partial charge is 0.508 e. The predicted molar refractivity (Wildman–Crippen MR) is 195 cm³/mol. The fourth-order valence-corrected chi connectivity index (χ4v) is 7.40. The zero-order valence-electron chi connectivity index (χ0n) is 31.2. The molecular weight excluding hydrogens is 634 g/mol. The normalized spacial score (nSPS) is 20.9. The van der Waals surface area contributed by atoms with Crippen LogP contribution in [0.5, 0.6) is 5.75 Å². The van der Waals surface area contributed by atoms with Crippen molar-refractivity contribution < 1.29 is 29.1 Å². The summed E-state index contributed by atoms with van der Waals surface area (Å²) in [6.45, 7) is 9.93. The number of carbonyl (C=O) groups is 5. The Balaban J connectivity index is 0.000000871. The maximum Gasteiger partial charge on any atom is 0.315 e. The average molecular weight is 698 g/mol. The van der Waals surface area contributed by atoms with Gasteiger partial charge in [0.05, 0.1) is 6.04 Å². The minimum absolute atomic E-state index is 0.174. The smallest absolute Gasteiger partial charge is 0.315 e. The Labute approximate surface area is 299 Å². The molecule has 0 aromatic heterocycles. The van der Waals surface area contributed by atoms with Crippen molar-refractivity contribution in [1.82, 2.24) is 20.9 Å². The first-order valence-corrected chi connectivity index (χ1v) is 19.1. The van der Waals surface area contributed by atoms with E-state index in [4.69, 9.17) is 5.73 Å². The minimum atomic E-state index is -1.09. The van der Waals surface area contributed by atoms with Crippen LogP contribution < -0.4 is 21.7 Å². The number of hydrogen-bond acceptors (Lipinski definition) is 6. The highest BCUT2D eigenvalue weighted by Crippen LogP contribution is 2.35. The summed E-state index contributed by atoms with van der Waals surface area (Å²) in [4.78, 5) is 66.4. The van der Waals surface area contributed by atoms with E-state index in [0.29, 0.717) is 32.2 Å². The standard InChI is InChI=1S/C32H47N5O6.C5H10.C2H6/c1-31(2,3)26(35-30(43)36-32(14-5-4-6-15-32)19-21-9-7-10-22(38)17-21)29(42)37-16-8-11-24(37)28(41)34-23(18-20-12-13-20)25(39)27(33)40;1-2-4-5-3-1;1-2/h7,9-10,17,20,23-24,26,38H,4-6,8,11-16,18-19H2,1-3H3,(H2,33,40)(H,34,41)(H2,35,36,43);1-5H2;1-2H3/t23?,24-,26?;;/m0../s1. The predicted octanol–water partition coefficient (Wildman–Crippen LogP) is 5.66. The first-order chi connectivity index (χ1) is 23.8. The molecule has 0 spiro atoms. The van der Waals surface area contributed by atoms with E-state index < -0.39 is 52.7 Å². The third-order valence-electron chi connectivity index (χ3n) is 10.3. The van der Waals surface area contributed by atoms with Crippen LogP contribution in [0.15, 0.2) is 24.3 Å². The molecule has 3 saturated carbocycles. The molecule has 0 radical (unpaired) electrons. The molecule has 6 N–H and O–H groups in total. The Morgan fingerprint density at radius 3 is 2.04 bits per heavy atom. The van der Waals surface area contributed by atoms with Crippen molar-refractivity contribution in [2.45, 2.75) is 161 Å². The van der Waals surface area contributed by atoms with Gasteiger partial charge in [0, 0.05) is 12.1 Å². The second-order valence-electron chi connectivity index (χ2n) is 15.5. The lowest BCUT2D eigenvalue weighted by Gasteiger charge is -2.40. The molecule has 4 fully saturated rings. The third kappa shape index (κ3) is 12.3. The number of carbonyl (C=O) groups excluding carboxylic acids is 5. The molecular formula is C39H63N5O6. The fourth-order valence-electron chi connectivity index (χ4n) is 7.40. The number of Topliss-reactive ketones (excluding diaryl/α,β-unsaturated/α-hetero) is 1. The van der Waals surface area contributed by atoms with Crippen LogP contribution in [0.1, 0.15) is 136 Å². The number of nitrogens with two attached hydrogens (primary N) is 1. The summed E-state index contributed by atoms with van der Waals surface area (Å²) in [6, 6.07) is 3.85. The number of urea groups is 1. The molecule has 2 unspecified atom stereocenters. The molecule has 4 aliphatic rings. The molecule has 1 heterocycles. The van der Waals surface area contributed by atoms with Crippen LogP contribution in [0.2, 0.25) is 0 Å². The SMILES string of the molecule is C1CCCC1.CC.CC(C)(C)C(NC(=O)NC1(Cc2cccc(O)c2)CCCCC1)C(=O)N1CCC[C@H]1C(=O)NC(CC1CC1)C(=O)C(N)=O. The molecule has 1 aromatic rings. The van der Waals surface area contributed by atoms with Gasteiger partial charge in [0.15, 0.2) is 0 Å². The Morgan fingerprint density at radius 2 is 1.50 bits per heavy atom. The van der Waals surface area contributed by atoms with Crippen LogP contribution in [0.25, 0.3) is 0 Å². The maximum absolute atomic E-state index is 14.0. The van der Waals surface area contributed by atoms with Gasteiger partial charge in [-0.2, -0.15) is 0 Å². The molecule has 11 nitrogen and oxygen atoms in total. The summed E-state index contributed by atoms with van der Waals surface area (Å²) < 4.78 is 0. The quantitative estimate of drug-likeness (QED) is 0.187. The van der Waals surface area contributed by atoms with Crippen LogP contribution in [-0.4, -0.2) is 69.8 Å². The van der Waals surface area contributed by atoms with Gasteiger partial charge in [0.25, 0.3) is 5.91 Å². The Hall–Kier alpha value is -3.63. The molecule has 1 aliphatic heterocycles. The van der Waals surface area contributed by atoms with E-state index in [0.717, 1.165) is 50.5 Å². The number of amides is 5. The molecule has 3 aliphatic carbocycles. The lowest BCUT2D eigenvalue weighted by Crippen LogP contribution is -2.62. The molecule has 5 amide bonds. The van der Waals surface area contributed by atoms with Crippen LogP contribution in [0, 0.1) is 11.3 Å². The zero-order valence-corrected chi connectivity index (χ0v) is 31.2. The van der Waals surface area contributed by atoms with Gasteiger partial charge in [-0.05, 0) is 67.6 Å². The monoisotopic (exact) mass is 697 g/mol. The van der Waals surface area contributed by atoms with Crippen LogP contribution >= 0.6 is 0 Å². The van der Waals surface area contributed by atoms with E-state index in [2.05, 4.69) is 16.0 Å². The van der Waals surface area contributed by atoms with Crippen LogP contribution in [0.4, 0.5) is 4.79 Å². The second-order valence-corrected chi connectivity index (χ2v) is 15.5. The Bertz CT molecular complexity index is 1290. The van der Waals surface area contributed by atoms with E-state index in [1.54, 1.807) is 18.2 Å². The number of phenols is 1. The van der Waals surface area contributed by atoms with Gasteiger partial charge < -0.3 is 31.7 Å². The number of ketones is 1. The molecule has 5 rings (SSSR count). The van der Waals surface area contributed by atoms with E-state index in [1.165, 1.54) is 37.0 Å². The summed E-state index contributed by atoms with van der Waals surface area (Å²) in [5.74, 6) is -2.34. The molecule has 280 valence electrons. The van der Waals surface area contributed by atoms with Crippen molar-refractivity contribution in [2.24, 2.45) is 17.1 Å². The number of hydrogen-bond donors (Lipinski definition) is 5. The van der Waals surface area contributed by atoms with Gasteiger partial charge in [-0.15, -0.1) is 0 Å². The number of nitrogens with zero attached hydrogens (tertiary/aromatic N) is 1. The summed E-state index contributed by atoms with van der Waals surface area (Å²) in [5.41, 5.74) is 4.98. The molecule has 1 aromatic carbocycles. The van der Waals surface area contributed by atoms with Gasteiger partial charge in [-0.1, -0.05) is 111 Å². The van der Waals surface area contributed by atoms with Gasteiger partial charge >= 0.3 is 6.03 Å². The minimum Gasteiger partial charge on any atom is -0.508 e. The Morgan fingerprint density at radius 1 is 0.900 bits per heavy atom. The van der Waals surface area contributed by atoms with Crippen molar-refractivity contribution in [1.29, 1.82) is 0 Å². The summed E-state index contributed by atoms with van der Waals surface area (Å²) in [6.07, 6.45) is 15.9. The van der Waals surface area contributed by atoms with E-state index in [1.807, 2.05) is 40.7 Å². The van der Waals surface area contributed by atoms with Crippen molar-refractivity contribution in [3.8, 4) is 5.75 Å². The third-order valence-corrected chi connectivity index (χ3v) is 10.3. The van der Waals surface area contributed by atoms with E-state index in [-0.39, 0.29) is 17.6 Å². The highest BCUT2D eigenvalue weighted by molar-refractivity contribution is 6.37. The number of rotatable bonds is 11. The summed E-state index contributed by atoms with van der Waals surface area (Å²) >= 11 is 0. The zero-order chi connectivity index (χ0) is 36.9. The maximum atomic E-state index is 14.0. The first-order valence-electron chi connectivity index (χ1n) is 19.1. The molecule has 50 heavy (non-hydrogen) atoms. The molecule has 0 bridgehead atoms. The van der Waals surface area contributed by atoms with Crippen molar-refractivity contribution in [3.63, 3.8) is 0 Å². The molecule has 1 saturated heterocycles. The number of phenolic OH excluding ortho intramolecular Hbond substituents is 1. The highest BCUT2D eigenvalue weighted by atomic mass is 16.3. The van der Waals surface area contributed by atoms with Gasteiger partial charge in [0.2, 0.25) is 17.6 Å². The Kier molecular flexibility index (Phi) is 15.6. The number of aromatic hydroxyl groups is 1. The van der Waals surface area contributed by atoms with Crippen LogP contribution in [0.3, 0.4) is 0 Å². The second kappa shape index (κ2) is 19.1. The van der Waals surface area contributed by atoms with Crippen molar-refractivity contribution >= 4 is 29.5 Å². The first kappa shape index (κ1) is 40.8. The van der Waals surface area contributed by atoms with Crippen molar-refractivity contribution in [2.75, 3.05) is 6.54 Å². The van der Waals surface area contributed by atoms with Gasteiger partial charge in [-0.25, -0.2) is 4.79 Å². The van der Waals surface area contributed by atoms with Crippen molar-refractivity contribution in [3.05, 3.63) is 29.8 Å². The van der Waals surface area contributed by atoms with Gasteiger partial charge in [-0.3, -0.25) is 19.2 Å². The number of benzene rings is 1. The van der Waals surface area contributed by atoms with E-state index >= 15 is 0 Å². The topological polar surface area (TPSA) is 171 Å². The summed E-state index contributed by atoms with van der Waals surface area (Å²) in [5, 5.41) is 18.8. The lowest BCUT2D eigenvalue weighted by atomic mass is 9.77.